The van der Waals surface area contributed by atoms with Crippen LogP contribution in [-0.2, 0) is 11.3 Å². The summed E-state index contributed by atoms with van der Waals surface area (Å²) in [4.78, 5) is 13.1. The first-order valence-corrected chi connectivity index (χ1v) is 5.36. The smallest absolute Gasteiger partial charge is 0.240 e. The molecule has 1 unspecified atom stereocenters. The molecule has 84 valence electrons. The van der Waals surface area contributed by atoms with Gasteiger partial charge in [0.2, 0.25) is 5.91 Å². The van der Waals surface area contributed by atoms with Gasteiger partial charge in [-0.25, -0.2) is 0 Å². The maximum atomic E-state index is 11.5. The summed E-state index contributed by atoms with van der Waals surface area (Å²) in [7, 11) is 1.69. The number of amides is 1. The van der Waals surface area contributed by atoms with E-state index in [1.54, 1.807) is 37.1 Å². The number of nitrogens with zero attached hydrogens (tertiary/aromatic N) is 2. The second-order valence-corrected chi connectivity index (χ2v) is 4.28. The molecule has 1 rings (SSSR count). The lowest BCUT2D eigenvalue weighted by Crippen LogP contribution is -2.31. The van der Waals surface area contributed by atoms with Crippen molar-refractivity contribution in [2.75, 3.05) is 7.05 Å². The van der Waals surface area contributed by atoms with E-state index in [0.29, 0.717) is 12.1 Å². The highest BCUT2D eigenvalue weighted by atomic mass is 35.5. The van der Waals surface area contributed by atoms with Crippen molar-refractivity contribution in [1.82, 2.24) is 4.90 Å². The van der Waals surface area contributed by atoms with E-state index in [0.717, 1.165) is 5.56 Å². The van der Waals surface area contributed by atoms with Crippen LogP contribution in [0.4, 0.5) is 0 Å². The van der Waals surface area contributed by atoms with Gasteiger partial charge in [-0.15, -0.1) is 11.6 Å². The van der Waals surface area contributed by atoms with Gasteiger partial charge in [-0.3, -0.25) is 4.79 Å². The fourth-order valence-electron chi connectivity index (χ4n) is 1.39. The molecule has 3 nitrogen and oxygen atoms in total. The van der Waals surface area contributed by atoms with E-state index >= 15 is 0 Å². The Morgan fingerprint density at radius 1 is 1.62 bits per heavy atom. The van der Waals surface area contributed by atoms with Gasteiger partial charge in [-0.05, 0) is 24.6 Å². The van der Waals surface area contributed by atoms with E-state index in [-0.39, 0.29) is 5.91 Å². The highest BCUT2D eigenvalue weighted by Crippen LogP contribution is 2.09. The summed E-state index contributed by atoms with van der Waals surface area (Å²) in [6, 6.07) is 9.24. The van der Waals surface area contributed by atoms with Crippen molar-refractivity contribution in [3.8, 4) is 6.07 Å². The zero-order valence-corrected chi connectivity index (χ0v) is 10.0. The van der Waals surface area contributed by atoms with Crippen LogP contribution in [-0.4, -0.2) is 23.2 Å². The van der Waals surface area contributed by atoms with Crippen LogP contribution >= 0.6 is 11.6 Å². The molecule has 0 aliphatic heterocycles. The van der Waals surface area contributed by atoms with Gasteiger partial charge in [-0.2, -0.15) is 5.26 Å². The van der Waals surface area contributed by atoms with Crippen molar-refractivity contribution in [3.63, 3.8) is 0 Å². The molecule has 0 saturated carbocycles. The van der Waals surface area contributed by atoms with Crippen LogP contribution in [0.1, 0.15) is 18.1 Å². The molecule has 1 amide bonds. The van der Waals surface area contributed by atoms with Gasteiger partial charge < -0.3 is 4.90 Å². The normalized spacial score (nSPS) is 11.6. The average molecular weight is 237 g/mol. The average Bonchev–Trinajstić information content (AvgIpc) is 2.28. The van der Waals surface area contributed by atoms with Crippen molar-refractivity contribution >= 4 is 17.5 Å². The molecule has 1 aromatic rings. The Kier molecular flexibility index (Phi) is 4.33. The number of halogens is 1. The van der Waals surface area contributed by atoms with Crippen LogP contribution in [0.2, 0.25) is 0 Å². The summed E-state index contributed by atoms with van der Waals surface area (Å²) in [6.07, 6.45) is 0. The molecular weight excluding hydrogens is 224 g/mol. The number of alkyl halides is 1. The second kappa shape index (κ2) is 5.53. The van der Waals surface area contributed by atoms with Crippen LogP contribution in [0.3, 0.4) is 0 Å². The van der Waals surface area contributed by atoms with E-state index in [2.05, 4.69) is 6.07 Å². The number of nitriles is 1. The van der Waals surface area contributed by atoms with Gasteiger partial charge in [0.1, 0.15) is 5.38 Å². The van der Waals surface area contributed by atoms with Crippen LogP contribution < -0.4 is 0 Å². The molecule has 1 atom stereocenters. The fraction of sp³-hybridized carbons (Fsp3) is 0.333. The third kappa shape index (κ3) is 3.25. The Morgan fingerprint density at radius 3 is 2.88 bits per heavy atom. The number of carbonyl (C=O) groups is 1. The Labute approximate surface area is 100 Å². The quantitative estimate of drug-likeness (QED) is 0.755. The van der Waals surface area contributed by atoms with Crippen molar-refractivity contribution in [3.05, 3.63) is 35.4 Å². The van der Waals surface area contributed by atoms with Crippen molar-refractivity contribution in [2.24, 2.45) is 0 Å². The van der Waals surface area contributed by atoms with Crippen LogP contribution in [0, 0.1) is 11.3 Å². The number of benzene rings is 1. The summed E-state index contributed by atoms with van der Waals surface area (Å²) in [5, 5.41) is 8.22. The minimum atomic E-state index is -0.524. The fourth-order valence-corrected chi connectivity index (χ4v) is 1.56. The standard InChI is InChI=1S/C12H13ClN2O/c1-9(13)12(16)15(2)8-11-5-3-4-10(6-11)7-14/h3-6,9H,8H2,1-2H3. The predicted octanol–water partition coefficient (Wildman–Crippen LogP) is 2.14. The molecule has 0 aliphatic rings. The number of rotatable bonds is 3. The second-order valence-electron chi connectivity index (χ2n) is 3.62. The SMILES string of the molecule is CC(Cl)C(=O)N(C)Cc1cccc(C#N)c1. The van der Waals surface area contributed by atoms with Crippen molar-refractivity contribution < 1.29 is 4.79 Å². The van der Waals surface area contributed by atoms with Gasteiger partial charge in [0, 0.05) is 13.6 Å². The molecule has 0 aliphatic carbocycles. The Balaban J connectivity index is 2.74. The Hall–Kier alpha value is -1.53. The first-order valence-electron chi connectivity index (χ1n) is 4.92. The predicted molar refractivity (Wildman–Crippen MR) is 62.9 cm³/mol. The van der Waals surface area contributed by atoms with E-state index < -0.39 is 5.38 Å². The zero-order valence-electron chi connectivity index (χ0n) is 9.27. The van der Waals surface area contributed by atoms with E-state index in [1.807, 2.05) is 6.07 Å². The minimum Gasteiger partial charge on any atom is -0.340 e. The summed E-state index contributed by atoms with van der Waals surface area (Å²) < 4.78 is 0. The summed E-state index contributed by atoms with van der Waals surface area (Å²) in [5.41, 5.74) is 1.52. The molecule has 0 heterocycles. The monoisotopic (exact) mass is 236 g/mol. The lowest BCUT2D eigenvalue weighted by molar-refractivity contribution is -0.129. The maximum Gasteiger partial charge on any atom is 0.240 e. The third-order valence-electron chi connectivity index (χ3n) is 2.19. The topological polar surface area (TPSA) is 44.1 Å². The first-order chi connectivity index (χ1) is 7.54. The van der Waals surface area contributed by atoms with E-state index in [4.69, 9.17) is 16.9 Å². The van der Waals surface area contributed by atoms with Gasteiger partial charge >= 0.3 is 0 Å². The maximum absolute atomic E-state index is 11.5. The van der Waals surface area contributed by atoms with Gasteiger partial charge in [-0.1, -0.05) is 12.1 Å². The lowest BCUT2D eigenvalue weighted by Gasteiger charge is -2.18. The van der Waals surface area contributed by atoms with Crippen LogP contribution in [0.25, 0.3) is 0 Å². The molecular formula is C12H13ClN2O. The molecule has 0 saturated heterocycles. The molecule has 4 heteroatoms. The van der Waals surface area contributed by atoms with Crippen LogP contribution in [0.15, 0.2) is 24.3 Å². The molecule has 0 N–H and O–H groups in total. The Morgan fingerprint density at radius 2 is 2.31 bits per heavy atom. The zero-order chi connectivity index (χ0) is 12.1. The molecule has 0 aromatic heterocycles. The molecule has 0 bridgehead atoms. The third-order valence-corrected chi connectivity index (χ3v) is 2.38. The van der Waals surface area contributed by atoms with Crippen molar-refractivity contribution in [1.29, 1.82) is 5.26 Å². The molecule has 0 fully saturated rings. The van der Waals surface area contributed by atoms with E-state index in [9.17, 15) is 4.79 Å². The summed E-state index contributed by atoms with van der Waals surface area (Å²) in [6.45, 7) is 2.11. The van der Waals surface area contributed by atoms with E-state index in [1.165, 1.54) is 0 Å². The number of carbonyl (C=O) groups excluding carboxylic acids is 1. The number of hydrogen-bond acceptors (Lipinski definition) is 2. The van der Waals surface area contributed by atoms with Gasteiger partial charge in [0.05, 0.1) is 11.6 Å². The molecule has 1 aromatic carbocycles. The highest BCUT2D eigenvalue weighted by Gasteiger charge is 2.14. The van der Waals surface area contributed by atoms with Crippen molar-refractivity contribution in [2.45, 2.75) is 18.8 Å². The Bertz CT molecular complexity index is 423. The molecule has 0 spiro atoms. The largest absolute Gasteiger partial charge is 0.340 e. The first kappa shape index (κ1) is 12.5. The van der Waals surface area contributed by atoms with Gasteiger partial charge in [0.15, 0.2) is 0 Å². The number of hydrogen-bond donors (Lipinski definition) is 0. The molecule has 0 radical (unpaired) electrons. The summed E-state index contributed by atoms with van der Waals surface area (Å²) >= 11 is 5.70. The van der Waals surface area contributed by atoms with Crippen LogP contribution in [0.5, 0.6) is 0 Å². The highest BCUT2D eigenvalue weighted by molar-refractivity contribution is 6.30. The molecule has 16 heavy (non-hydrogen) atoms. The lowest BCUT2D eigenvalue weighted by atomic mass is 10.1. The summed E-state index contributed by atoms with van der Waals surface area (Å²) in [5.74, 6) is -0.121. The van der Waals surface area contributed by atoms with Gasteiger partial charge in [0.25, 0.3) is 0 Å². The minimum absolute atomic E-state index is 0.121.